The van der Waals surface area contributed by atoms with Crippen molar-refractivity contribution in [2.45, 2.75) is 10.7 Å². The molecule has 0 heterocycles. The van der Waals surface area contributed by atoms with Crippen LogP contribution in [0.15, 0.2) is 0 Å². The summed E-state index contributed by atoms with van der Waals surface area (Å²) in [5.41, 5.74) is 0. The lowest BCUT2D eigenvalue weighted by Gasteiger charge is -2.20. The van der Waals surface area contributed by atoms with Gasteiger partial charge in [-0.25, -0.2) is 19.6 Å². The Morgan fingerprint density at radius 3 is 1.79 bits per heavy atom. The number of carbonyl (C=O) groups is 2. The summed E-state index contributed by atoms with van der Waals surface area (Å²) in [5.74, 6) is -4.86. The van der Waals surface area contributed by atoms with Crippen LogP contribution in [0.5, 0.6) is 0 Å². The second-order valence-corrected chi connectivity index (χ2v) is 3.10. The van der Waals surface area contributed by atoms with Gasteiger partial charge in [-0.1, -0.05) is 0 Å². The lowest BCUT2D eigenvalue weighted by Crippen LogP contribution is -2.54. The molecule has 2 amide bonds. The summed E-state index contributed by atoms with van der Waals surface area (Å²) < 4.78 is 48.3. The lowest BCUT2D eigenvalue weighted by atomic mass is 9.98. The van der Waals surface area contributed by atoms with Crippen molar-refractivity contribution in [1.82, 2.24) is 5.01 Å². The number of nitrogens with zero attached hydrogens (tertiary/aromatic N) is 1. The summed E-state index contributed by atoms with van der Waals surface area (Å²) >= 11 is 1.54. The Bertz CT molecular complexity index is 237. The quantitative estimate of drug-likeness (QED) is 0.192. The average molecular weight is 277 g/mol. The third-order valence-electron chi connectivity index (χ3n) is 0.965. The van der Waals surface area contributed by atoms with E-state index in [0.717, 1.165) is 0 Å². The van der Waals surface area contributed by atoms with Gasteiger partial charge in [0, 0.05) is 15.9 Å². The number of nitrogens with two attached hydrogens (primary N) is 1. The van der Waals surface area contributed by atoms with E-state index in [1.807, 2.05) is 0 Å². The number of imide groups is 1. The van der Waals surface area contributed by atoms with Gasteiger partial charge in [0.05, 0.1) is 0 Å². The Morgan fingerprint density at radius 2 is 1.57 bits per heavy atom. The van der Waals surface area contributed by atoms with Crippen molar-refractivity contribution in [2.24, 2.45) is 5.84 Å². The molecule has 0 atom stereocenters. The Hall–Kier alpha value is -0.635. The van der Waals surface area contributed by atoms with Crippen LogP contribution in [0.3, 0.4) is 0 Å². The van der Waals surface area contributed by atoms with Crippen molar-refractivity contribution in [3.8, 4) is 0 Å². The van der Waals surface area contributed by atoms with Crippen molar-refractivity contribution < 1.29 is 27.2 Å². The van der Waals surface area contributed by atoms with Crippen molar-refractivity contribution in [1.29, 1.82) is 0 Å². The van der Waals surface area contributed by atoms with E-state index in [1.54, 1.807) is 0 Å². The van der Waals surface area contributed by atoms with Gasteiger partial charge in [-0.05, 0) is 0 Å². The molecular weight excluding hydrogens is 275 g/mol. The van der Waals surface area contributed by atoms with E-state index >= 15 is 0 Å². The molecular formula is C4H2BBrF4N2O2. The maximum absolute atomic E-state index is 12.1. The predicted octanol–water partition coefficient (Wildman–Crippen LogP) is -0.0357. The minimum Gasteiger partial charge on any atom is -0.267 e. The van der Waals surface area contributed by atoms with Crippen LogP contribution in [-0.4, -0.2) is 35.3 Å². The standard InChI is InChI=1S/C4H2BBrF4N2O2/c5-3(7,8)1(13)12(11)2(14)4(6,9)10/h11H2. The first kappa shape index (κ1) is 13.4. The summed E-state index contributed by atoms with van der Waals surface area (Å²) in [6.07, 6.45) is 0. The zero-order chi connectivity index (χ0) is 11.7. The zero-order valence-corrected chi connectivity index (χ0v) is 7.89. The van der Waals surface area contributed by atoms with Gasteiger partial charge in [0.15, 0.2) is 7.85 Å². The molecule has 2 radical (unpaired) electrons. The van der Waals surface area contributed by atoms with E-state index in [1.165, 1.54) is 15.9 Å². The number of amides is 2. The average Bonchev–Trinajstić information content (AvgIpc) is 1.97. The van der Waals surface area contributed by atoms with Gasteiger partial charge in [0.25, 0.3) is 5.82 Å². The Morgan fingerprint density at radius 1 is 1.21 bits per heavy atom. The van der Waals surface area contributed by atoms with Crippen LogP contribution in [0.4, 0.5) is 17.6 Å². The molecule has 2 N–H and O–H groups in total. The minimum atomic E-state index is -4.48. The van der Waals surface area contributed by atoms with E-state index in [2.05, 4.69) is 13.7 Å². The van der Waals surface area contributed by atoms with Crippen LogP contribution in [0, 0.1) is 0 Å². The maximum atomic E-state index is 12.1. The van der Waals surface area contributed by atoms with Crippen LogP contribution < -0.4 is 5.84 Å². The second kappa shape index (κ2) is 3.85. The first-order valence-corrected chi connectivity index (χ1v) is 3.64. The predicted molar refractivity (Wildman–Crippen MR) is 40.6 cm³/mol. The molecule has 0 saturated carbocycles. The number of hydrogen-bond acceptors (Lipinski definition) is 3. The van der Waals surface area contributed by atoms with E-state index in [-0.39, 0.29) is 0 Å². The third kappa shape index (κ3) is 3.26. The fraction of sp³-hybridized carbons (Fsp3) is 0.500. The fourth-order valence-corrected chi connectivity index (χ4v) is 0.580. The van der Waals surface area contributed by atoms with Crippen molar-refractivity contribution in [2.75, 3.05) is 0 Å². The maximum Gasteiger partial charge on any atom is 0.379 e. The molecule has 0 aromatic carbocycles. The van der Waals surface area contributed by atoms with Crippen LogP contribution in [0.1, 0.15) is 0 Å². The molecule has 0 fully saturated rings. The van der Waals surface area contributed by atoms with Gasteiger partial charge in [-0.15, -0.1) is 0 Å². The largest absolute Gasteiger partial charge is 0.379 e. The van der Waals surface area contributed by atoms with Crippen molar-refractivity contribution >= 4 is 35.6 Å². The van der Waals surface area contributed by atoms with Crippen LogP contribution in [0.25, 0.3) is 0 Å². The highest BCUT2D eigenvalue weighted by atomic mass is 79.9. The van der Waals surface area contributed by atoms with Crippen LogP contribution >= 0.6 is 15.9 Å². The monoisotopic (exact) mass is 276 g/mol. The normalized spacial score (nSPS) is 12.4. The topological polar surface area (TPSA) is 63.4 Å². The molecule has 78 valence electrons. The van der Waals surface area contributed by atoms with Crippen molar-refractivity contribution in [3.63, 3.8) is 0 Å². The molecule has 0 aliphatic carbocycles. The summed E-state index contributed by atoms with van der Waals surface area (Å²) in [5, 5.41) is -0.950. The molecule has 0 aliphatic heterocycles. The number of hydrogen-bond donors (Lipinski definition) is 1. The van der Waals surface area contributed by atoms with Gasteiger partial charge in [-0.3, -0.25) is 9.59 Å². The summed E-state index contributed by atoms with van der Waals surface area (Å²) in [4.78, 5) is 16.6. The van der Waals surface area contributed by atoms with Crippen LogP contribution in [-0.2, 0) is 9.59 Å². The number of hydrazine groups is 1. The third-order valence-corrected chi connectivity index (χ3v) is 1.30. The first-order valence-electron chi connectivity index (χ1n) is 2.85. The van der Waals surface area contributed by atoms with Gasteiger partial charge in [0.1, 0.15) is 0 Å². The van der Waals surface area contributed by atoms with E-state index in [4.69, 9.17) is 0 Å². The molecule has 0 spiro atoms. The highest BCUT2D eigenvalue weighted by Gasteiger charge is 2.45. The van der Waals surface area contributed by atoms with E-state index < -0.39 is 27.5 Å². The number of halogens is 5. The SMILES string of the molecule is [B]C(F)(F)C(=O)N(N)C(=O)C(F)(F)Br. The molecule has 0 aromatic rings. The molecule has 0 unspecified atom stereocenters. The minimum absolute atomic E-state index is 0.950. The molecule has 0 saturated heterocycles. The van der Waals surface area contributed by atoms with Gasteiger partial charge >= 0.3 is 16.6 Å². The highest BCUT2D eigenvalue weighted by molar-refractivity contribution is 9.10. The Balaban J connectivity index is 4.74. The van der Waals surface area contributed by atoms with E-state index in [0.29, 0.717) is 0 Å². The molecule has 4 nitrogen and oxygen atoms in total. The molecule has 0 aliphatic rings. The van der Waals surface area contributed by atoms with Crippen LogP contribution in [0.2, 0.25) is 0 Å². The summed E-state index contributed by atoms with van der Waals surface area (Å²) in [6, 6.07) is 0. The molecule has 0 aromatic heterocycles. The Labute approximate surface area is 84.9 Å². The number of alkyl halides is 5. The summed E-state index contributed by atoms with van der Waals surface area (Å²) in [6.45, 7) is 0. The number of carbonyl (C=O) groups excluding carboxylic acids is 2. The smallest absolute Gasteiger partial charge is 0.267 e. The van der Waals surface area contributed by atoms with Gasteiger partial charge in [-0.2, -0.15) is 8.78 Å². The Kier molecular flexibility index (Phi) is 3.68. The molecule has 10 heteroatoms. The fourth-order valence-electron chi connectivity index (χ4n) is 0.389. The summed E-state index contributed by atoms with van der Waals surface area (Å²) in [7, 11) is 3.94. The van der Waals surface area contributed by atoms with Gasteiger partial charge < -0.3 is 0 Å². The van der Waals surface area contributed by atoms with Crippen molar-refractivity contribution in [3.05, 3.63) is 0 Å². The highest BCUT2D eigenvalue weighted by Crippen LogP contribution is 2.24. The lowest BCUT2D eigenvalue weighted by molar-refractivity contribution is -0.163. The molecule has 0 rings (SSSR count). The second-order valence-electron chi connectivity index (χ2n) is 2.10. The van der Waals surface area contributed by atoms with E-state index in [9.17, 15) is 27.2 Å². The molecule has 0 bridgehead atoms. The van der Waals surface area contributed by atoms with Gasteiger partial charge in [0.2, 0.25) is 0 Å². The zero-order valence-electron chi connectivity index (χ0n) is 6.31. The number of rotatable bonds is 2. The molecule has 14 heavy (non-hydrogen) atoms. The first-order chi connectivity index (χ1) is 5.98.